The maximum atomic E-state index is 13.2. The van der Waals surface area contributed by atoms with Crippen LogP contribution in [0.4, 0.5) is 17.6 Å². The summed E-state index contributed by atoms with van der Waals surface area (Å²) in [6, 6.07) is 5.06. The first-order valence-electron chi connectivity index (χ1n) is 8.45. The third-order valence-corrected chi connectivity index (χ3v) is 4.42. The first-order valence-corrected chi connectivity index (χ1v) is 8.82. The highest BCUT2D eigenvalue weighted by molar-refractivity contribution is 6.30. The molecule has 1 aromatic rings. The van der Waals surface area contributed by atoms with Crippen molar-refractivity contribution in [2.45, 2.75) is 37.9 Å². The molecule has 0 aliphatic heterocycles. The van der Waals surface area contributed by atoms with E-state index in [-0.39, 0.29) is 5.02 Å². The zero-order chi connectivity index (χ0) is 20.4. The molecule has 2 rings (SSSR count). The summed E-state index contributed by atoms with van der Waals surface area (Å²) in [5, 5.41) is 10.7. The minimum absolute atomic E-state index is 0.118. The number of rotatable bonds is 6. The standard InChI is InChI=1S/C15H22ClFN2O.C2HF3O2/c16-14-6-5-13(9-15(14)17)20-8-7-19-12-3-1-11(10-18)2-4-12;3-2(4,5)1(6)7/h5-6,9,11-12,19H,1-4,7-8,10,18H2;(H,6,7)/t11-,12-;. The SMILES string of the molecule is NC[C@H]1CC[C@H](NCCOc2ccc(Cl)c(F)c2)CC1.O=C(O)C(F)(F)F. The fraction of sp³-hybridized carbons (Fsp3) is 0.588. The predicted octanol–water partition coefficient (Wildman–Crippen LogP) is 3.60. The molecule has 0 heterocycles. The van der Waals surface area contributed by atoms with Gasteiger partial charge in [0.1, 0.15) is 18.2 Å². The highest BCUT2D eigenvalue weighted by atomic mass is 35.5. The Balaban J connectivity index is 0.000000445. The molecule has 0 unspecified atom stereocenters. The van der Waals surface area contributed by atoms with Gasteiger partial charge in [0.15, 0.2) is 0 Å². The molecular weight excluding hydrogens is 392 g/mol. The van der Waals surface area contributed by atoms with Crippen molar-refractivity contribution in [2.24, 2.45) is 11.7 Å². The maximum Gasteiger partial charge on any atom is 0.490 e. The molecule has 154 valence electrons. The van der Waals surface area contributed by atoms with E-state index < -0.39 is 18.0 Å². The van der Waals surface area contributed by atoms with Crippen LogP contribution in [0.15, 0.2) is 18.2 Å². The molecule has 5 nitrogen and oxygen atoms in total. The van der Waals surface area contributed by atoms with Crippen LogP contribution < -0.4 is 15.8 Å². The van der Waals surface area contributed by atoms with E-state index >= 15 is 0 Å². The lowest BCUT2D eigenvalue weighted by molar-refractivity contribution is -0.192. The maximum absolute atomic E-state index is 13.2. The van der Waals surface area contributed by atoms with Gasteiger partial charge in [-0.15, -0.1) is 0 Å². The topological polar surface area (TPSA) is 84.6 Å². The zero-order valence-corrected chi connectivity index (χ0v) is 15.3. The Kier molecular flexibility index (Phi) is 9.82. The summed E-state index contributed by atoms with van der Waals surface area (Å²) in [6.45, 7) is 2.10. The van der Waals surface area contributed by atoms with Crippen molar-refractivity contribution < 1.29 is 32.2 Å². The van der Waals surface area contributed by atoms with Crippen LogP contribution in [0.5, 0.6) is 5.75 Å². The number of carboxylic acid groups (broad SMARTS) is 1. The van der Waals surface area contributed by atoms with E-state index in [1.54, 1.807) is 6.07 Å². The van der Waals surface area contributed by atoms with E-state index in [0.717, 1.165) is 13.1 Å². The van der Waals surface area contributed by atoms with Crippen molar-refractivity contribution in [1.82, 2.24) is 5.32 Å². The summed E-state index contributed by atoms with van der Waals surface area (Å²) in [7, 11) is 0. The first-order chi connectivity index (χ1) is 12.6. The number of ether oxygens (including phenoxy) is 1. The molecule has 27 heavy (non-hydrogen) atoms. The third-order valence-electron chi connectivity index (χ3n) is 4.12. The van der Waals surface area contributed by atoms with Gasteiger partial charge in [0.25, 0.3) is 0 Å². The van der Waals surface area contributed by atoms with Crippen molar-refractivity contribution in [1.29, 1.82) is 0 Å². The van der Waals surface area contributed by atoms with Gasteiger partial charge < -0.3 is 20.9 Å². The number of carbonyl (C=O) groups is 1. The summed E-state index contributed by atoms with van der Waals surface area (Å²) >= 11 is 5.62. The fourth-order valence-corrected chi connectivity index (χ4v) is 2.72. The Morgan fingerprint density at radius 1 is 1.30 bits per heavy atom. The Morgan fingerprint density at radius 3 is 2.37 bits per heavy atom. The fourth-order valence-electron chi connectivity index (χ4n) is 2.60. The average molecular weight is 415 g/mol. The minimum Gasteiger partial charge on any atom is -0.492 e. The molecule has 0 aromatic heterocycles. The molecular formula is C17H23ClF4N2O3. The van der Waals surface area contributed by atoms with Crippen molar-refractivity contribution >= 4 is 17.6 Å². The van der Waals surface area contributed by atoms with Gasteiger partial charge in [-0.05, 0) is 50.3 Å². The second-order valence-electron chi connectivity index (χ2n) is 6.13. The molecule has 1 fully saturated rings. The van der Waals surface area contributed by atoms with E-state index in [4.69, 9.17) is 32.0 Å². The number of hydrogen-bond acceptors (Lipinski definition) is 4. The number of aliphatic carboxylic acids is 1. The van der Waals surface area contributed by atoms with E-state index in [1.807, 2.05) is 0 Å². The van der Waals surface area contributed by atoms with Gasteiger partial charge in [-0.2, -0.15) is 13.2 Å². The van der Waals surface area contributed by atoms with Crippen LogP contribution in [0.2, 0.25) is 5.02 Å². The van der Waals surface area contributed by atoms with Gasteiger partial charge in [-0.1, -0.05) is 11.6 Å². The van der Waals surface area contributed by atoms with Gasteiger partial charge in [0, 0.05) is 18.7 Å². The lowest BCUT2D eigenvalue weighted by atomic mass is 9.86. The van der Waals surface area contributed by atoms with Crippen molar-refractivity contribution in [3.05, 3.63) is 29.0 Å². The number of benzene rings is 1. The van der Waals surface area contributed by atoms with E-state index in [2.05, 4.69) is 5.32 Å². The Morgan fingerprint density at radius 2 is 1.89 bits per heavy atom. The smallest absolute Gasteiger partial charge is 0.490 e. The van der Waals surface area contributed by atoms with Crippen molar-refractivity contribution in [3.8, 4) is 5.75 Å². The summed E-state index contributed by atoms with van der Waals surface area (Å²) < 4.78 is 50.4. The summed E-state index contributed by atoms with van der Waals surface area (Å²) in [4.78, 5) is 8.90. The minimum atomic E-state index is -5.08. The Hall–Kier alpha value is -1.58. The third kappa shape index (κ3) is 9.25. The highest BCUT2D eigenvalue weighted by Gasteiger charge is 2.38. The Bertz CT molecular complexity index is 594. The number of hydrogen-bond donors (Lipinski definition) is 3. The number of nitrogens with one attached hydrogen (secondary N) is 1. The van der Waals surface area contributed by atoms with Crippen LogP contribution in [0, 0.1) is 11.7 Å². The molecule has 0 atom stereocenters. The molecule has 4 N–H and O–H groups in total. The molecule has 1 aliphatic rings. The summed E-state index contributed by atoms with van der Waals surface area (Å²) in [6.07, 6.45) is -0.316. The van der Waals surface area contributed by atoms with Gasteiger partial charge in [0.2, 0.25) is 0 Å². The molecule has 1 saturated carbocycles. The van der Waals surface area contributed by atoms with Crippen molar-refractivity contribution in [3.63, 3.8) is 0 Å². The molecule has 0 spiro atoms. The molecule has 10 heteroatoms. The number of alkyl halides is 3. The number of halogens is 5. The second kappa shape index (κ2) is 11.3. The normalized spacial score (nSPS) is 19.8. The molecule has 1 aromatic carbocycles. The number of carboxylic acids is 1. The summed E-state index contributed by atoms with van der Waals surface area (Å²) in [5.74, 6) is -1.99. The number of nitrogens with two attached hydrogens (primary N) is 1. The highest BCUT2D eigenvalue weighted by Crippen LogP contribution is 2.23. The van der Waals surface area contributed by atoms with E-state index in [0.29, 0.717) is 24.3 Å². The van der Waals surface area contributed by atoms with Crippen LogP contribution in [0.25, 0.3) is 0 Å². The lowest BCUT2D eigenvalue weighted by Crippen LogP contribution is -2.36. The molecule has 0 saturated heterocycles. The molecule has 0 radical (unpaired) electrons. The van der Waals surface area contributed by atoms with Gasteiger partial charge in [-0.3, -0.25) is 0 Å². The Labute approximate surface area is 159 Å². The average Bonchev–Trinajstić information content (AvgIpc) is 2.62. The van der Waals surface area contributed by atoms with Crippen LogP contribution in [0.3, 0.4) is 0 Å². The summed E-state index contributed by atoms with van der Waals surface area (Å²) in [5.41, 5.74) is 5.68. The lowest BCUT2D eigenvalue weighted by Gasteiger charge is -2.28. The molecule has 0 amide bonds. The van der Waals surface area contributed by atoms with Crippen LogP contribution in [-0.2, 0) is 4.79 Å². The largest absolute Gasteiger partial charge is 0.492 e. The first kappa shape index (κ1) is 23.5. The molecule has 0 bridgehead atoms. The predicted molar refractivity (Wildman–Crippen MR) is 93.4 cm³/mol. The zero-order valence-electron chi connectivity index (χ0n) is 14.6. The van der Waals surface area contributed by atoms with Gasteiger partial charge in [-0.25, -0.2) is 9.18 Å². The van der Waals surface area contributed by atoms with Gasteiger partial charge in [0.05, 0.1) is 5.02 Å². The second-order valence-corrected chi connectivity index (χ2v) is 6.54. The van der Waals surface area contributed by atoms with Crippen molar-refractivity contribution in [2.75, 3.05) is 19.7 Å². The van der Waals surface area contributed by atoms with Crippen LogP contribution >= 0.6 is 11.6 Å². The molecule has 1 aliphatic carbocycles. The van der Waals surface area contributed by atoms with Gasteiger partial charge >= 0.3 is 12.1 Å². The van der Waals surface area contributed by atoms with E-state index in [1.165, 1.54) is 37.8 Å². The van der Waals surface area contributed by atoms with E-state index in [9.17, 15) is 17.6 Å². The van der Waals surface area contributed by atoms with Crippen LogP contribution in [0.1, 0.15) is 25.7 Å². The quantitative estimate of drug-likeness (QED) is 0.489. The monoisotopic (exact) mass is 414 g/mol. The van der Waals surface area contributed by atoms with Crippen LogP contribution in [-0.4, -0.2) is 43.0 Å².